The summed E-state index contributed by atoms with van der Waals surface area (Å²) in [5.74, 6) is 0.835. The van der Waals surface area contributed by atoms with Crippen molar-refractivity contribution in [1.29, 1.82) is 0 Å². The molecule has 0 aromatic carbocycles. The third-order valence-corrected chi connectivity index (χ3v) is 3.81. The zero-order chi connectivity index (χ0) is 11.3. The maximum Gasteiger partial charge on any atom is 0.181 e. The predicted molar refractivity (Wildman–Crippen MR) is 67.4 cm³/mol. The zero-order valence-corrected chi connectivity index (χ0v) is 10.2. The molecule has 0 spiro atoms. The summed E-state index contributed by atoms with van der Waals surface area (Å²) in [7, 11) is 1.87. The molecule has 16 heavy (non-hydrogen) atoms. The van der Waals surface area contributed by atoms with Gasteiger partial charge in [-0.3, -0.25) is 4.40 Å². The first kappa shape index (κ1) is 9.59. The number of anilines is 1. The Bertz CT molecular complexity index is 680. The fraction of sp³-hybridized carbons (Fsp3) is 0.273. The van der Waals surface area contributed by atoms with Gasteiger partial charge in [-0.05, 0) is 24.8 Å². The van der Waals surface area contributed by atoms with E-state index in [-0.39, 0.29) is 0 Å². The van der Waals surface area contributed by atoms with E-state index in [4.69, 9.17) is 0 Å². The number of aromatic nitrogens is 3. The molecule has 0 unspecified atom stereocenters. The van der Waals surface area contributed by atoms with Gasteiger partial charge in [-0.2, -0.15) is 0 Å². The highest BCUT2D eigenvalue weighted by molar-refractivity contribution is 7.17. The molecular weight excluding hydrogens is 220 g/mol. The molecule has 0 atom stereocenters. The first-order valence-corrected chi connectivity index (χ1v) is 6.00. The Morgan fingerprint density at radius 3 is 2.94 bits per heavy atom. The van der Waals surface area contributed by atoms with Crippen LogP contribution in [0.3, 0.4) is 0 Å². The van der Waals surface area contributed by atoms with Crippen molar-refractivity contribution in [3.05, 3.63) is 22.8 Å². The monoisotopic (exact) mass is 232 g/mol. The summed E-state index contributed by atoms with van der Waals surface area (Å²) in [4.78, 5) is 10.2. The smallest absolute Gasteiger partial charge is 0.181 e. The Hall–Kier alpha value is -1.62. The van der Waals surface area contributed by atoms with Crippen LogP contribution in [0.25, 0.3) is 16.0 Å². The molecule has 0 bridgehead atoms. The van der Waals surface area contributed by atoms with Gasteiger partial charge >= 0.3 is 0 Å². The van der Waals surface area contributed by atoms with Gasteiger partial charge in [-0.15, -0.1) is 11.3 Å². The lowest BCUT2D eigenvalue weighted by Gasteiger charge is -2.04. The molecule has 3 aromatic rings. The molecule has 0 saturated carbocycles. The number of imidazole rings is 1. The second kappa shape index (κ2) is 3.18. The van der Waals surface area contributed by atoms with Crippen LogP contribution in [0.1, 0.15) is 11.3 Å². The van der Waals surface area contributed by atoms with E-state index in [9.17, 15) is 0 Å². The predicted octanol–water partition coefficient (Wildman–Crippen LogP) is 2.60. The Balaban J connectivity index is 2.61. The topological polar surface area (TPSA) is 42.2 Å². The number of nitrogens with one attached hydrogen (secondary N) is 1. The largest absolute Gasteiger partial charge is 0.370 e. The zero-order valence-electron chi connectivity index (χ0n) is 9.40. The van der Waals surface area contributed by atoms with Gasteiger partial charge in [0.25, 0.3) is 0 Å². The Morgan fingerprint density at radius 1 is 1.38 bits per heavy atom. The van der Waals surface area contributed by atoms with Crippen LogP contribution in [-0.4, -0.2) is 21.4 Å². The number of hydrogen-bond acceptors (Lipinski definition) is 4. The second-order valence-electron chi connectivity index (χ2n) is 3.84. The lowest BCUT2D eigenvalue weighted by atomic mass is 10.3. The van der Waals surface area contributed by atoms with Gasteiger partial charge in [0.2, 0.25) is 0 Å². The molecule has 3 heterocycles. The number of hydrogen-bond donors (Lipinski definition) is 1. The molecule has 0 saturated heterocycles. The maximum atomic E-state index is 4.61. The van der Waals surface area contributed by atoms with Crippen LogP contribution in [0.4, 0.5) is 5.82 Å². The third-order valence-electron chi connectivity index (χ3n) is 2.74. The summed E-state index contributed by atoms with van der Waals surface area (Å²) < 4.78 is 2.16. The van der Waals surface area contributed by atoms with Gasteiger partial charge in [-0.25, -0.2) is 9.97 Å². The summed E-state index contributed by atoms with van der Waals surface area (Å²) in [5, 5.41) is 5.24. The third kappa shape index (κ3) is 1.09. The molecule has 0 fully saturated rings. The molecule has 4 nitrogen and oxygen atoms in total. The number of aryl methyl sites for hydroxylation is 2. The van der Waals surface area contributed by atoms with Crippen LogP contribution < -0.4 is 5.32 Å². The van der Waals surface area contributed by atoms with Crippen LogP contribution in [0.15, 0.2) is 11.6 Å². The number of rotatable bonds is 1. The summed E-state index contributed by atoms with van der Waals surface area (Å²) in [6.45, 7) is 4.15. The van der Waals surface area contributed by atoms with Crippen LogP contribution >= 0.6 is 11.3 Å². The van der Waals surface area contributed by atoms with Crippen LogP contribution in [0.2, 0.25) is 0 Å². The molecule has 5 heteroatoms. The fourth-order valence-electron chi connectivity index (χ4n) is 1.91. The molecule has 3 aromatic heterocycles. The molecule has 0 aliphatic rings. The van der Waals surface area contributed by atoms with Crippen molar-refractivity contribution in [2.75, 3.05) is 12.4 Å². The van der Waals surface area contributed by atoms with Crippen molar-refractivity contribution < 1.29 is 0 Å². The normalized spacial score (nSPS) is 11.4. The Morgan fingerprint density at radius 2 is 2.19 bits per heavy atom. The molecule has 1 N–H and O–H groups in total. The van der Waals surface area contributed by atoms with Crippen molar-refractivity contribution >= 4 is 33.1 Å². The summed E-state index contributed by atoms with van der Waals surface area (Å²) in [6.07, 6.45) is 1.88. The maximum absolute atomic E-state index is 4.61. The number of nitrogens with zero attached hydrogens (tertiary/aromatic N) is 3. The standard InChI is InChI=1S/C11H12N4S/c1-6-5-16-11-8(6)14-9(12-3)10-13-4-7(2)15(10)11/h4-5H,1-3H3,(H,12,14). The van der Waals surface area contributed by atoms with Gasteiger partial charge < -0.3 is 5.32 Å². The molecule has 3 rings (SSSR count). The lowest BCUT2D eigenvalue weighted by Crippen LogP contribution is -1.99. The minimum Gasteiger partial charge on any atom is -0.370 e. The summed E-state index contributed by atoms with van der Waals surface area (Å²) >= 11 is 1.71. The minimum atomic E-state index is 0.835. The minimum absolute atomic E-state index is 0.835. The number of fused-ring (bicyclic) bond motifs is 3. The average molecular weight is 232 g/mol. The molecule has 82 valence electrons. The molecule has 0 amide bonds. The lowest BCUT2D eigenvalue weighted by molar-refractivity contribution is 1.15. The van der Waals surface area contributed by atoms with Crippen LogP contribution in [0, 0.1) is 13.8 Å². The Labute approximate surface area is 97.0 Å². The summed E-state index contributed by atoms with van der Waals surface area (Å²) in [6, 6.07) is 0. The van der Waals surface area contributed by atoms with Gasteiger partial charge in [-0.1, -0.05) is 0 Å². The van der Waals surface area contributed by atoms with Crippen LogP contribution in [-0.2, 0) is 0 Å². The van der Waals surface area contributed by atoms with Crippen LogP contribution in [0.5, 0.6) is 0 Å². The van der Waals surface area contributed by atoms with E-state index in [2.05, 4.69) is 38.9 Å². The summed E-state index contributed by atoms with van der Waals surface area (Å²) in [5.41, 5.74) is 4.31. The molecule has 0 aliphatic carbocycles. The SMILES string of the molecule is CNc1nc2c(C)csc2n2c(C)cnc12. The number of thiophene rings is 1. The van der Waals surface area contributed by atoms with E-state index >= 15 is 0 Å². The van der Waals surface area contributed by atoms with E-state index in [1.807, 2.05) is 13.2 Å². The van der Waals surface area contributed by atoms with Crippen molar-refractivity contribution in [3.63, 3.8) is 0 Å². The van der Waals surface area contributed by atoms with Gasteiger partial charge in [0, 0.05) is 18.9 Å². The second-order valence-corrected chi connectivity index (χ2v) is 4.70. The first-order chi connectivity index (χ1) is 7.72. The highest BCUT2D eigenvalue weighted by Crippen LogP contribution is 2.28. The van der Waals surface area contributed by atoms with E-state index < -0.39 is 0 Å². The van der Waals surface area contributed by atoms with Gasteiger partial charge in [0.1, 0.15) is 10.3 Å². The average Bonchev–Trinajstić information content (AvgIpc) is 2.83. The highest BCUT2D eigenvalue weighted by Gasteiger charge is 2.13. The van der Waals surface area contributed by atoms with Crippen molar-refractivity contribution in [1.82, 2.24) is 14.4 Å². The first-order valence-electron chi connectivity index (χ1n) is 5.12. The fourth-order valence-corrected chi connectivity index (χ4v) is 2.96. The highest BCUT2D eigenvalue weighted by atomic mass is 32.1. The van der Waals surface area contributed by atoms with E-state index in [0.29, 0.717) is 0 Å². The van der Waals surface area contributed by atoms with E-state index in [0.717, 1.165) is 22.7 Å². The quantitative estimate of drug-likeness (QED) is 0.701. The van der Waals surface area contributed by atoms with Gasteiger partial charge in [0.15, 0.2) is 11.5 Å². The van der Waals surface area contributed by atoms with Crippen molar-refractivity contribution in [2.45, 2.75) is 13.8 Å². The molecule has 0 aliphatic heterocycles. The van der Waals surface area contributed by atoms with E-state index in [1.54, 1.807) is 11.3 Å². The van der Waals surface area contributed by atoms with Crippen molar-refractivity contribution in [2.24, 2.45) is 0 Å². The molecule has 0 radical (unpaired) electrons. The molecular formula is C11H12N4S. The van der Waals surface area contributed by atoms with Gasteiger partial charge in [0.05, 0.1) is 0 Å². The van der Waals surface area contributed by atoms with Crippen molar-refractivity contribution in [3.8, 4) is 0 Å². The Kier molecular flexibility index (Phi) is 1.91. The van der Waals surface area contributed by atoms with E-state index in [1.165, 1.54) is 10.4 Å².